The second-order valence-electron chi connectivity index (χ2n) is 3.08. The minimum absolute atomic E-state index is 0.0297. The maximum absolute atomic E-state index is 5.41. The standard InChI is InChI=1S/C9H14N2O2/c1-4-10-11(5-1)6-3-9-12-7-2-8-13-9/h1,4-5,9H,2-3,6-8H2. The topological polar surface area (TPSA) is 36.3 Å². The van der Waals surface area contributed by atoms with Crippen LogP contribution in [0.5, 0.6) is 0 Å². The zero-order valence-electron chi connectivity index (χ0n) is 7.56. The molecule has 0 aliphatic carbocycles. The van der Waals surface area contributed by atoms with Crippen LogP contribution in [0.2, 0.25) is 0 Å². The third-order valence-electron chi connectivity index (χ3n) is 2.05. The first-order chi connectivity index (χ1) is 6.45. The van der Waals surface area contributed by atoms with E-state index in [0.29, 0.717) is 0 Å². The van der Waals surface area contributed by atoms with Crippen molar-refractivity contribution in [3.8, 4) is 0 Å². The summed E-state index contributed by atoms with van der Waals surface area (Å²) in [5.41, 5.74) is 0. The van der Waals surface area contributed by atoms with Crippen molar-refractivity contribution in [2.24, 2.45) is 0 Å². The zero-order chi connectivity index (χ0) is 8.93. The fraction of sp³-hybridized carbons (Fsp3) is 0.667. The smallest absolute Gasteiger partial charge is 0.159 e. The Labute approximate surface area is 77.4 Å². The number of hydrogen-bond acceptors (Lipinski definition) is 3. The van der Waals surface area contributed by atoms with Gasteiger partial charge in [-0.3, -0.25) is 4.68 Å². The third-order valence-corrected chi connectivity index (χ3v) is 2.05. The van der Waals surface area contributed by atoms with Gasteiger partial charge in [0, 0.05) is 25.4 Å². The molecule has 0 N–H and O–H groups in total. The first-order valence-electron chi connectivity index (χ1n) is 4.66. The summed E-state index contributed by atoms with van der Waals surface area (Å²) in [5, 5.41) is 4.11. The molecule has 0 spiro atoms. The van der Waals surface area contributed by atoms with Crippen molar-refractivity contribution in [3.05, 3.63) is 18.5 Å². The van der Waals surface area contributed by atoms with E-state index in [9.17, 15) is 0 Å². The average molecular weight is 182 g/mol. The summed E-state index contributed by atoms with van der Waals surface area (Å²) < 4.78 is 12.7. The van der Waals surface area contributed by atoms with Crippen molar-refractivity contribution in [1.29, 1.82) is 0 Å². The Balaban J connectivity index is 1.72. The summed E-state index contributed by atoms with van der Waals surface area (Å²) in [5.74, 6) is 0. The maximum atomic E-state index is 5.41. The van der Waals surface area contributed by atoms with E-state index in [1.165, 1.54) is 0 Å². The van der Waals surface area contributed by atoms with Gasteiger partial charge in [-0.25, -0.2) is 0 Å². The van der Waals surface area contributed by atoms with Gasteiger partial charge in [0.15, 0.2) is 6.29 Å². The Kier molecular flexibility index (Phi) is 2.94. The Morgan fingerprint density at radius 2 is 2.23 bits per heavy atom. The lowest BCUT2D eigenvalue weighted by atomic mass is 10.3. The molecule has 0 unspecified atom stereocenters. The van der Waals surface area contributed by atoms with Gasteiger partial charge < -0.3 is 9.47 Å². The van der Waals surface area contributed by atoms with Crippen LogP contribution in [0.15, 0.2) is 18.5 Å². The highest BCUT2D eigenvalue weighted by Crippen LogP contribution is 2.09. The fourth-order valence-corrected chi connectivity index (χ4v) is 1.37. The van der Waals surface area contributed by atoms with Crippen LogP contribution in [-0.2, 0) is 16.0 Å². The molecule has 1 saturated heterocycles. The van der Waals surface area contributed by atoms with Crippen LogP contribution in [0.3, 0.4) is 0 Å². The van der Waals surface area contributed by atoms with Gasteiger partial charge in [-0.2, -0.15) is 5.10 Å². The molecule has 0 atom stereocenters. The molecule has 13 heavy (non-hydrogen) atoms. The van der Waals surface area contributed by atoms with Gasteiger partial charge in [0.25, 0.3) is 0 Å². The molecule has 1 fully saturated rings. The highest BCUT2D eigenvalue weighted by Gasteiger charge is 2.13. The molecule has 4 heteroatoms. The lowest BCUT2D eigenvalue weighted by Crippen LogP contribution is -2.26. The van der Waals surface area contributed by atoms with Crippen LogP contribution in [0.25, 0.3) is 0 Å². The van der Waals surface area contributed by atoms with E-state index < -0.39 is 0 Å². The lowest BCUT2D eigenvalue weighted by molar-refractivity contribution is -0.182. The highest BCUT2D eigenvalue weighted by atomic mass is 16.7. The number of ether oxygens (including phenoxy) is 2. The van der Waals surface area contributed by atoms with Crippen LogP contribution < -0.4 is 0 Å². The van der Waals surface area contributed by atoms with Gasteiger partial charge in [-0.05, 0) is 12.5 Å². The van der Waals surface area contributed by atoms with Crippen LogP contribution in [0.1, 0.15) is 12.8 Å². The quantitative estimate of drug-likeness (QED) is 0.700. The van der Waals surface area contributed by atoms with E-state index in [2.05, 4.69) is 5.10 Å². The van der Waals surface area contributed by atoms with Crippen LogP contribution in [-0.4, -0.2) is 29.3 Å². The van der Waals surface area contributed by atoms with E-state index in [1.54, 1.807) is 6.20 Å². The molecule has 0 saturated carbocycles. The summed E-state index contributed by atoms with van der Waals surface area (Å²) in [7, 11) is 0. The molecule has 4 nitrogen and oxygen atoms in total. The molecular formula is C9H14N2O2. The van der Waals surface area contributed by atoms with Crippen LogP contribution in [0.4, 0.5) is 0 Å². The van der Waals surface area contributed by atoms with Gasteiger partial charge in [0.2, 0.25) is 0 Å². The summed E-state index contributed by atoms with van der Waals surface area (Å²) in [6, 6.07) is 1.92. The Morgan fingerprint density at radius 3 is 2.92 bits per heavy atom. The monoisotopic (exact) mass is 182 g/mol. The third kappa shape index (κ3) is 2.54. The Hall–Kier alpha value is -0.870. The highest BCUT2D eigenvalue weighted by molar-refractivity contribution is 4.77. The van der Waals surface area contributed by atoms with E-state index >= 15 is 0 Å². The number of rotatable bonds is 3. The fourth-order valence-electron chi connectivity index (χ4n) is 1.37. The van der Waals surface area contributed by atoms with Crippen molar-refractivity contribution in [3.63, 3.8) is 0 Å². The van der Waals surface area contributed by atoms with Crippen LogP contribution >= 0.6 is 0 Å². The minimum Gasteiger partial charge on any atom is -0.353 e. The van der Waals surface area contributed by atoms with Gasteiger partial charge in [-0.1, -0.05) is 0 Å². The van der Waals surface area contributed by atoms with E-state index in [0.717, 1.165) is 32.6 Å². The Morgan fingerprint density at radius 1 is 1.38 bits per heavy atom. The van der Waals surface area contributed by atoms with E-state index in [4.69, 9.17) is 9.47 Å². The second-order valence-corrected chi connectivity index (χ2v) is 3.08. The largest absolute Gasteiger partial charge is 0.353 e. The molecule has 1 aliphatic heterocycles. The first-order valence-corrected chi connectivity index (χ1v) is 4.66. The van der Waals surface area contributed by atoms with Gasteiger partial charge in [-0.15, -0.1) is 0 Å². The molecule has 0 amide bonds. The SMILES string of the molecule is c1cnn(CCC2OCCCO2)c1. The first kappa shape index (κ1) is 8.72. The predicted molar refractivity (Wildman–Crippen MR) is 47.2 cm³/mol. The zero-order valence-corrected chi connectivity index (χ0v) is 7.56. The van der Waals surface area contributed by atoms with Crippen LogP contribution in [0, 0.1) is 0 Å². The van der Waals surface area contributed by atoms with Crippen molar-refractivity contribution < 1.29 is 9.47 Å². The van der Waals surface area contributed by atoms with E-state index in [1.807, 2.05) is 16.9 Å². The molecule has 2 heterocycles. The molecule has 1 aromatic rings. The number of aryl methyl sites for hydroxylation is 1. The summed E-state index contributed by atoms with van der Waals surface area (Å²) in [6.45, 7) is 2.51. The van der Waals surface area contributed by atoms with Crippen molar-refractivity contribution in [2.45, 2.75) is 25.7 Å². The number of nitrogens with zero attached hydrogens (tertiary/aromatic N) is 2. The van der Waals surface area contributed by atoms with Crippen molar-refractivity contribution >= 4 is 0 Å². The number of aromatic nitrogens is 2. The van der Waals surface area contributed by atoms with Gasteiger partial charge >= 0.3 is 0 Å². The average Bonchev–Trinajstić information content (AvgIpc) is 2.69. The molecule has 1 aliphatic rings. The number of hydrogen-bond donors (Lipinski definition) is 0. The molecule has 0 aromatic carbocycles. The molecule has 0 bridgehead atoms. The van der Waals surface area contributed by atoms with Gasteiger partial charge in [0.05, 0.1) is 13.2 Å². The summed E-state index contributed by atoms with van der Waals surface area (Å²) >= 11 is 0. The maximum Gasteiger partial charge on any atom is 0.159 e. The Bertz CT molecular complexity index is 230. The molecule has 1 aromatic heterocycles. The summed E-state index contributed by atoms with van der Waals surface area (Å²) in [6.07, 6.45) is 5.59. The van der Waals surface area contributed by atoms with E-state index in [-0.39, 0.29) is 6.29 Å². The molecular weight excluding hydrogens is 168 g/mol. The van der Waals surface area contributed by atoms with Crippen molar-refractivity contribution in [1.82, 2.24) is 9.78 Å². The summed E-state index contributed by atoms with van der Waals surface area (Å²) in [4.78, 5) is 0. The minimum atomic E-state index is -0.0297. The van der Waals surface area contributed by atoms with Gasteiger partial charge in [0.1, 0.15) is 0 Å². The predicted octanol–water partition coefficient (Wildman–Crippen LogP) is 1.04. The lowest BCUT2D eigenvalue weighted by Gasteiger charge is -2.22. The normalized spacial score (nSPS) is 19.1. The van der Waals surface area contributed by atoms with Crippen molar-refractivity contribution in [2.75, 3.05) is 13.2 Å². The molecule has 0 radical (unpaired) electrons. The molecule has 72 valence electrons. The molecule has 2 rings (SSSR count). The second kappa shape index (κ2) is 4.39.